The lowest BCUT2D eigenvalue weighted by Gasteiger charge is -2.34. The first-order valence-electron chi connectivity index (χ1n) is 12.1. The quantitative estimate of drug-likeness (QED) is 0.501. The summed E-state index contributed by atoms with van der Waals surface area (Å²) >= 11 is 6.18. The number of fused-ring (bicyclic) bond motifs is 1. The number of aromatic nitrogens is 1. The van der Waals surface area contributed by atoms with Gasteiger partial charge in [-0.25, -0.2) is 9.37 Å². The number of hydrogen-bond donors (Lipinski definition) is 2. The summed E-state index contributed by atoms with van der Waals surface area (Å²) in [6.07, 6.45) is 1.62. The Morgan fingerprint density at radius 2 is 1.89 bits per heavy atom. The Morgan fingerprint density at radius 1 is 1.14 bits per heavy atom. The smallest absolute Gasteiger partial charge is 0.254 e. The number of amides is 1. The van der Waals surface area contributed by atoms with E-state index >= 15 is 0 Å². The van der Waals surface area contributed by atoms with Crippen LogP contribution in [0.4, 0.5) is 15.8 Å². The summed E-state index contributed by atoms with van der Waals surface area (Å²) in [5.74, 6) is -0.606. The molecule has 3 heterocycles. The minimum Gasteiger partial charge on any atom is -0.478 e. The van der Waals surface area contributed by atoms with E-state index < -0.39 is 11.4 Å². The number of benzene rings is 2. The van der Waals surface area contributed by atoms with Crippen LogP contribution in [0.2, 0.25) is 5.02 Å². The number of anilines is 2. The van der Waals surface area contributed by atoms with Gasteiger partial charge in [0.2, 0.25) is 5.88 Å². The minimum absolute atomic E-state index is 0.0604. The summed E-state index contributed by atoms with van der Waals surface area (Å²) in [6.45, 7) is 6.68. The third kappa shape index (κ3) is 4.40. The van der Waals surface area contributed by atoms with Crippen LogP contribution >= 0.6 is 11.6 Å². The third-order valence-corrected chi connectivity index (χ3v) is 7.16. The van der Waals surface area contributed by atoms with Gasteiger partial charge in [0, 0.05) is 61.4 Å². The number of carbonyl (C=O) groups excluding carboxylic acids is 1. The van der Waals surface area contributed by atoms with Gasteiger partial charge < -0.3 is 19.9 Å². The molecule has 0 aliphatic carbocycles. The topological polar surface area (TPSA) is 69.7 Å². The average Bonchev–Trinajstić information content (AvgIpc) is 3.15. The minimum atomic E-state index is -1.36. The molecule has 0 bridgehead atoms. The van der Waals surface area contributed by atoms with Gasteiger partial charge in [-0.3, -0.25) is 10.1 Å². The van der Waals surface area contributed by atoms with Crippen LogP contribution in [0.25, 0.3) is 0 Å². The molecule has 0 spiro atoms. The van der Waals surface area contributed by atoms with Gasteiger partial charge in [0.1, 0.15) is 5.82 Å². The number of piperazine rings is 1. The predicted octanol–water partition coefficient (Wildman–Crippen LogP) is 4.01. The van der Waals surface area contributed by atoms with Crippen molar-refractivity contribution in [2.24, 2.45) is 0 Å². The van der Waals surface area contributed by atoms with E-state index in [1.165, 1.54) is 17.8 Å². The van der Waals surface area contributed by atoms with Crippen molar-refractivity contribution < 1.29 is 13.9 Å². The maximum Gasteiger partial charge on any atom is 0.254 e. The van der Waals surface area contributed by atoms with E-state index in [1.807, 2.05) is 6.92 Å². The molecule has 1 fully saturated rings. The zero-order valence-electron chi connectivity index (χ0n) is 20.4. The van der Waals surface area contributed by atoms with Crippen LogP contribution < -0.4 is 20.3 Å². The number of nitrogens with zero attached hydrogens (tertiary/aromatic N) is 3. The molecular formula is C27H29ClFN5O2. The first-order valence-corrected chi connectivity index (χ1v) is 12.5. The molecule has 2 aromatic carbocycles. The van der Waals surface area contributed by atoms with Crippen molar-refractivity contribution in [3.8, 4) is 5.88 Å². The fraction of sp³-hybridized carbons (Fsp3) is 0.333. The van der Waals surface area contributed by atoms with E-state index in [0.717, 1.165) is 31.7 Å². The number of ether oxygens (including phenoxy) is 1. The standard InChI is InChI=1S/C27H29ClFN5O2/c1-3-36-25-20(5-4-10-30-25)27(21-15-22(28)23(29)16-24(21)32-26(27)35)31-17-18-6-8-19(9-7-18)34-13-11-33(2)12-14-34/h4-10,15-16,31H,3,11-14,17H2,1-2H3,(H,32,35). The van der Waals surface area contributed by atoms with Crippen molar-refractivity contribution in [2.45, 2.75) is 19.0 Å². The van der Waals surface area contributed by atoms with Gasteiger partial charge in [-0.05, 0) is 55.9 Å². The molecule has 2 aliphatic heterocycles. The van der Waals surface area contributed by atoms with E-state index in [4.69, 9.17) is 16.3 Å². The normalized spacial score (nSPS) is 19.8. The van der Waals surface area contributed by atoms with E-state index in [2.05, 4.69) is 56.7 Å². The van der Waals surface area contributed by atoms with Crippen molar-refractivity contribution in [1.82, 2.24) is 15.2 Å². The van der Waals surface area contributed by atoms with Crippen molar-refractivity contribution in [2.75, 3.05) is 50.1 Å². The number of nitrogens with one attached hydrogen (secondary N) is 2. The van der Waals surface area contributed by atoms with Gasteiger partial charge in [-0.1, -0.05) is 23.7 Å². The molecule has 1 unspecified atom stereocenters. The monoisotopic (exact) mass is 509 g/mol. The van der Waals surface area contributed by atoms with Gasteiger partial charge in [0.15, 0.2) is 5.54 Å². The lowest BCUT2D eigenvalue weighted by atomic mass is 9.83. The molecule has 36 heavy (non-hydrogen) atoms. The van der Waals surface area contributed by atoms with Gasteiger partial charge in [-0.15, -0.1) is 0 Å². The van der Waals surface area contributed by atoms with E-state index in [-0.39, 0.29) is 10.9 Å². The largest absolute Gasteiger partial charge is 0.478 e. The van der Waals surface area contributed by atoms with Gasteiger partial charge in [0.05, 0.1) is 11.6 Å². The molecule has 2 aliphatic rings. The van der Waals surface area contributed by atoms with Crippen LogP contribution in [-0.2, 0) is 16.9 Å². The van der Waals surface area contributed by atoms with Crippen molar-refractivity contribution in [1.29, 1.82) is 0 Å². The Morgan fingerprint density at radius 3 is 2.61 bits per heavy atom. The first kappa shape index (κ1) is 24.5. The predicted molar refractivity (Wildman–Crippen MR) is 139 cm³/mol. The van der Waals surface area contributed by atoms with E-state index in [9.17, 15) is 9.18 Å². The molecule has 1 atom stereocenters. The third-order valence-electron chi connectivity index (χ3n) is 6.87. The van der Waals surface area contributed by atoms with Crippen LogP contribution in [0, 0.1) is 5.82 Å². The van der Waals surface area contributed by atoms with E-state index in [1.54, 1.807) is 18.3 Å². The zero-order chi connectivity index (χ0) is 25.3. The number of hydrogen-bond acceptors (Lipinski definition) is 6. The first-order chi connectivity index (χ1) is 17.4. The second-order valence-corrected chi connectivity index (χ2v) is 9.52. The highest BCUT2D eigenvalue weighted by atomic mass is 35.5. The summed E-state index contributed by atoms with van der Waals surface area (Å²) in [6, 6.07) is 14.6. The summed E-state index contributed by atoms with van der Waals surface area (Å²) in [7, 11) is 2.14. The Kier molecular flexibility index (Phi) is 6.83. The van der Waals surface area contributed by atoms with Crippen LogP contribution in [0.1, 0.15) is 23.6 Å². The van der Waals surface area contributed by atoms with Crippen LogP contribution in [0.15, 0.2) is 54.7 Å². The maximum atomic E-state index is 14.3. The number of halogens is 2. The zero-order valence-corrected chi connectivity index (χ0v) is 21.1. The Labute approximate surface area is 215 Å². The van der Waals surface area contributed by atoms with Crippen LogP contribution in [0.3, 0.4) is 0 Å². The highest BCUT2D eigenvalue weighted by Crippen LogP contribution is 2.45. The lowest BCUT2D eigenvalue weighted by molar-refractivity contribution is -0.120. The molecule has 3 aromatic rings. The Balaban J connectivity index is 1.49. The Hall–Kier alpha value is -3.20. The second-order valence-electron chi connectivity index (χ2n) is 9.12. The second kappa shape index (κ2) is 10.0. The molecule has 1 aromatic heterocycles. The average molecular weight is 510 g/mol. The van der Waals surface area contributed by atoms with Gasteiger partial charge >= 0.3 is 0 Å². The molecule has 1 amide bonds. The Bertz CT molecular complexity index is 1260. The summed E-state index contributed by atoms with van der Waals surface area (Å²) in [5.41, 5.74) is 2.26. The summed E-state index contributed by atoms with van der Waals surface area (Å²) in [4.78, 5) is 22.7. The fourth-order valence-corrected chi connectivity index (χ4v) is 5.05. The number of pyridine rings is 1. The van der Waals surface area contributed by atoms with E-state index in [0.29, 0.717) is 35.8 Å². The van der Waals surface area contributed by atoms with Crippen LogP contribution in [-0.4, -0.2) is 55.6 Å². The SMILES string of the molecule is CCOc1ncccc1C1(NCc2ccc(N3CCN(C)CC3)cc2)C(=O)Nc2cc(F)c(Cl)cc21. The van der Waals surface area contributed by atoms with Crippen molar-refractivity contribution >= 4 is 28.9 Å². The number of likely N-dealkylation sites (N-methyl/N-ethyl adjacent to an activating group) is 1. The fourth-order valence-electron chi connectivity index (χ4n) is 4.89. The molecule has 0 saturated carbocycles. The maximum absolute atomic E-state index is 14.3. The molecule has 5 rings (SSSR count). The molecule has 9 heteroatoms. The number of carbonyl (C=O) groups is 1. The molecule has 0 radical (unpaired) electrons. The molecule has 7 nitrogen and oxygen atoms in total. The lowest BCUT2D eigenvalue weighted by Crippen LogP contribution is -2.49. The molecular weight excluding hydrogens is 481 g/mol. The summed E-state index contributed by atoms with van der Waals surface area (Å²) in [5, 5.41) is 6.21. The highest BCUT2D eigenvalue weighted by Gasteiger charge is 2.50. The highest BCUT2D eigenvalue weighted by molar-refractivity contribution is 6.31. The van der Waals surface area contributed by atoms with Crippen molar-refractivity contribution in [3.63, 3.8) is 0 Å². The molecule has 2 N–H and O–H groups in total. The number of rotatable bonds is 7. The molecule has 188 valence electrons. The van der Waals surface area contributed by atoms with Gasteiger partial charge in [0.25, 0.3) is 5.91 Å². The van der Waals surface area contributed by atoms with Gasteiger partial charge in [-0.2, -0.15) is 0 Å². The van der Waals surface area contributed by atoms with Crippen LogP contribution in [0.5, 0.6) is 5.88 Å². The molecule has 1 saturated heterocycles. The van der Waals surface area contributed by atoms with Crippen molar-refractivity contribution in [3.05, 3.63) is 82.3 Å². The summed E-state index contributed by atoms with van der Waals surface area (Å²) < 4.78 is 20.1.